The molecule has 0 aromatic heterocycles. The molecule has 0 bridgehead atoms. The zero-order valence-corrected chi connectivity index (χ0v) is 15.3. The summed E-state index contributed by atoms with van der Waals surface area (Å²) in [4.78, 5) is 25.1. The van der Waals surface area contributed by atoms with E-state index < -0.39 is 0 Å². The number of hydrogen-bond donors (Lipinski definition) is 3. The number of methoxy groups -OCH3 is 1. The number of nitrogens with one attached hydrogen (secondary N) is 3. The van der Waals surface area contributed by atoms with Crippen LogP contribution in [0.4, 0.5) is 17.1 Å². The Morgan fingerprint density at radius 1 is 0.929 bits per heavy atom. The SMILES string of the molecule is COc1ccccc1CNC(=O)c1ccc2c(c1)NC(=O)c1ccccc1N2. The number of para-hydroxylation sites is 2. The van der Waals surface area contributed by atoms with Crippen LogP contribution in [-0.2, 0) is 6.54 Å². The molecule has 2 amide bonds. The zero-order chi connectivity index (χ0) is 19.5. The predicted molar refractivity (Wildman–Crippen MR) is 108 cm³/mol. The number of anilines is 3. The van der Waals surface area contributed by atoms with E-state index in [0.717, 1.165) is 22.7 Å². The maximum absolute atomic E-state index is 12.6. The minimum atomic E-state index is -0.232. The lowest BCUT2D eigenvalue weighted by Crippen LogP contribution is -2.23. The van der Waals surface area contributed by atoms with E-state index >= 15 is 0 Å². The number of rotatable bonds is 4. The molecule has 28 heavy (non-hydrogen) atoms. The smallest absolute Gasteiger partial charge is 0.257 e. The molecule has 1 heterocycles. The van der Waals surface area contributed by atoms with Crippen molar-refractivity contribution < 1.29 is 14.3 Å². The Balaban J connectivity index is 1.54. The van der Waals surface area contributed by atoms with Gasteiger partial charge in [-0.3, -0.25) is 9.59 Å². The van der Waals surface area contributed by atoms with Crippen molar-refractivity contribution in [1.29, 1.82) is 0 Å². The van der Waals surface area contributed by atoms with E-state index in [0.29, 0.717) is 23.4 Å². The van der Waals surface area contributed by atoms with Crippen LogP contribution < -0.4 is 20.7 Å². The molecular formula is C22H19N3O3. The molecule has 140 valence electrons. The molecule has 0 spiro atoms. The van der Waals surface area contributed by atoms with Gasteiger partial charge in [0, 0.05) is 17.7 Å². The van der Waals surface area contributed by atoms with Crippen LogP contribution in [0.5, 0.6) is 5.75 Å². The number of fused-ring (bicyclic) bond motifs is 2. The molecule has 1 aliphatic rings. The van der Waals surface area contributed by atoms with Crippen LogP contribution in [0.25, 0.3) is 0 Å². The van der Waals surface area contributed by atoms with Gasteiger partial charge in [0.05, 0.1) is 29.7 Å². The van der Waals surface area contributed by atoms with E-state index in [1.54, 1.807) is 31.4 Å². The average molecular weight is 373 g/mol. The van der Waals surface area contributed by atoms with Crippen molar-refractivity contribution in [2.45, 2.75) is 6.54 Å². The normalized spacial score (nSPS) is 12.0. The van der Waals surface area contributed by atoms with Crippen molar-refractivity contribution >= 4 is 28.9 Å². The van der Waals surface area contributed by atoms with Crippen molar-refractivity contribution in [2.24, 2.45) is 0 Å². The Morgan fingerprint density at radius 3 is 2.57 bits per heavy atom. The minimum absolute atomic E-state index is 0.214. The summed E-state index contributed by atoms with van der Waals surface area (Å²) in [6.07, 6.45) is 0. The Bertz CT molecular complexity index is 1060. The Kier molecular flexibility index (Phi) is 4.68. The minimum Gasteiger partial charge on any atom is -0.496 e. The largest absolute Gasteiger partial charge is 0.496 e. The maximum Gasteiger partial charge on any atom is 0.257 e. The van der Waals surface area contributed by atoms with Gasteiger partial charge >= 0.3 is 0 Å². The van der Waals surface area contributed by atoms with Crippen LogP contribution in [-0.4, -0.2) is 18.9 Å². The first kappa shape index (κ1) is 17.6. The highest BCUT2D eigenvalue weighted by molar-refractivity contribution is 6.12. The fourth-order valence-electron chi connectivity index (χ4n) is 3.15. The Morgan fingerprint density at radius 2 is 1.71 bits per heavy atom. The highest BCUT2D eigenvalue weighted by atomic mass is 16.5. The number of carbonyl (C=O) groups is 2. The number of amides is 2. The standard InChI is InChI=1S/C22H19N3O3/c1-28-20-9-5-2-6-15(20)13-23-21(26)14-10-11-18-19(12-14)25-22(27)16-7-3-4-8-17(16)24-18/h2-12,24H,13H2,1H3,(H,23,26)(H,25,27). The molecule has 0 saturated heterocycles. The Hall–Kier alpha value is -3.80. The first-order chi connectivity index (χ1) is 13.7. The summed E-state index contributed by atoms with van der Waals surface area (Å²) < 4.78 is 5.31. The molecule has 0 saturated carbocycles. The second kappa shape index (κ2) is 7.44. The van der Waals surface area contributed by atoms with E-state index in [2.05, 4.69) is 16.0 Å². The molecule has 3 aromatic rings. The molecule has 6 heteroatoms. The maximum atomic E-state index is 12.6. The van der Waals surface area contributed by atoms with Crippen LogP contribution >= 0.6 is 0 Å². The van der Waals surface area contributed by atoms with Crippen molar-refractivity contribution in [3.05, 3.63) is 83.4 Å². The van der Waals surface area contributed by atoms with Gasteiger partial charge in [0.2, 0.25) is 0 Å². The molecule has 0 unspecified atom stereocenters. The van der Waals surface area contributed by atoms with Gasteiger partial charge < -0.3 is 20.7 Å². The number of ether oxygens (including phenoxy) is 1. The lowest BCUT2D eigenvalue weighted by molar-refractivity contribution is 0.0949. The van der Waals surface area contributed by atoms with Crippen molar-refractivity contribution in [3.8, 4) is 5.75 Å². The van der Waals surface area contributed by atoms with Gasteiger partial charge in [0.1, 0.15) is 5.75 Å². The topological polar surface area (TPSA) is 79.5 Å². The molecule has 0 fully saturated rings. The monoisotopic (exact) mass is 373 g/mol. The third-order valence-corrected chi connectivity index (χ3v) is 4.60. The van der Waals surface area contributed by atoms with Gasteiger partial charge in [-0.25, -0.2) is 0 Å². The fourth-order valence-corrected chi connectivity index (χ4v) is 3.15. The molecule has 6 nitrogen and oxygen atoms in total. The first-order valence-corrected chi connectivity index (χ1v) is 8.87. The fraction of sp³-hybridized carbons (Fsp3) is 0.0909. The third-order valence-electron chi connectivity index (χ3n) is 4.60. The number of carbonyl (C=O) groups excluding carboxylic acids is 2. The zero-order valence-electron chi connectivity index (χ0n) is 15.3. The lowest BCUT2D eigenvalue weighted by atomic mass is 10.1. The van der Waals surface area contributed by atoms with E-state index in [1.807, 2.05) is 42.5 Å². The van der Waals surface area contributed by atoms with Crippen LogP contribution in [0.2, 0.25) is 0 Å². The van der Waals surface area contributed by atoms with Crippen LogP contribution in [0.1, 0.15) is 26.3 Å². The molecule has 1 aliphatic heterocycles. The van der Waals surface area contributed by atoms with Crippen molar-refractivity contribution in [2.75, 3.05) is 17.7 Å². The van der Waals surface area contributed by atoms with Crippen molar-refractivity contribution in [3.63, 3.8) is 0 Å². The van der Waals surface area contributed by atoms with Crippen LogP contribution in [0.3, 0.4) is 0 Å². The predicted octanol–water partition coefficient (Wildman–Crippen LogP) is 3.93. The summed E-state index contributed by atoms with van der Waals surface area (Å²) in [5.41, 5.74) is 3.93. The first-order valence-electron chi connectivity index (χ1n) is 8.87. The van der Waals surface area contributed by atoms with Gasteiger partial charge in [-0.15, -0.1) is 0 Å². The summed E-state index contributed by atoms with van der Waals surface area (Å²) in [6.45, 7) is 0.343. The summed E-state index contributed by atoms with van der Waals surface area (Å²) >= 11 is 0. The lowest BCUT2D eigenvalue weighted by Gasteiger charge is -2.12. The average Bonchev–Trinajstić information content (AvgIpc) is 2.87. The van der Waals surface area contributed by atoms with Gasteiger partial charge in [-0.2, -0.15) is 0 Å². The summed E-state index contributed by atoms with van der Waals surface area (Å²) in [6, 6.07) is 20.0. The summed E-state index contributed by atoms with van der Waals surface area (Å²) in [7, 11) is 1.60. The van der Waals surface area contributed by atoms with E-state index in [9.17, 15) is 9.59 Å². The highest BCUT2D eigenvalue weighted by Crippen LogP contribution is 2.32. The number of benzene rings is 3. The van der Waals surface area contributed by atoms with Gasteiger partial charge in [0.25, 0.3) is 11.8 Å². The molecule has 3 N–H and O–H groups in total. The molecular weight excluding hydrogens is 354 g/mol. The van der Waals surface area contributed by atoms with Gasteiger partial charge in [-0.05, 0) is 36.4 Å². The van der Waals surface area contributed by atoms with Crippen LogP contribution in [0, 0.1) is 0 Å². The van der Waals surface area contributed by atoms with E-state index in [1.165, 1.54) is 0 Å². The van der Waals surface area contributed by atoms with E-state index in [-0.39, 0.29) is 11.8 Å². The second-order valence-corrected chi connectivity index (χ2v) is 6.38. The quantitative estimate of drug-likeness (QED) is 0.647. The van der Waals surface area contributed by atoms with Gasteiger partial charge in [-0.1, -0.05) is 30.3 Å². The van der Waals surface area contributed by atoms with Crippen molar-refractivity contribution in [1.82, 2.24) is 5.32 Å². The summed E-state index contributed by atoms with van der Waals surface area (Å²) in [5.74, 6) is 0.275. The van der Waals surface area contributed by atoms with E-state index in [4.69, 9.17) is 4.74 Å². The van der Waals surface area contributed by atoms with Gasteiger partial charge in [0.15, 0.2) is 0 Å². The highest BCUT2D eigenvalue weighted by Gasteiger charge is 2.19. The molecule has 0 radical (unpaired) electrons. The molecule has 0 aliphatic carbocycles. The molecule has 3 aromatic carbocycles. The Labute approximate surface area is 162 Å². The van der Waals surface area contributed by atoms with Crippen LogP contribution in [0.15, 0.2) is 66.7 Å². The third kappa shape index (κ3) is 3.40. The molecule has 0 atom stereocenters. The number of hydrogen-bond acceptors (Lipinski definition) is 4. The second-order valence-electron chi connectivity index (χ2n) is 6.38. The summed E-state index contributed by atoms with van der Waals surface area (Å²) in [5, 5.41) is 8.99. The molecule has 4 rings (SSSR count).